The van der Waals surface area contributed by atoms with Crippen LogP contribution in [0.15, 0.2) is 42.5 Å². The molecule has 21 heavy (non-hydrogen) atoms. The fraction of sp³-hybridized carbons (Fsp3) is 0.188. The van der Waals surface area contributed by atoms with Gasteiger partial charge in [0.25, 0.3) is 0 Å². The fourth-order valence-electron chi connectivity index (χ4n) is 2.25. The lowest BCUT2D eigenvalue weighted by molar-refractivity contribution is 0.653. The summed E-state index contributed by atoms with van der Waals surface area (Å²) >= 11 is 0. The Bertz CT molecular complexity index is 759. The maximum Gasteiger partial charge on any atom is 0.184 e. The molecule has 0 bridgehead atoms. The monoisotopic (exact) mass is 279 g/mol. The van der Waals surface area contributed by atoms with E-state index in [1.807, 2.05) is 25.1 Å². The van der Waals surface area contributed by atoms with Crippen LogP contribution in [0.5, 0.6) is 0 Å². The smallest absolute Gasteiger partial charge is 0.184 e. The molecule has 5 nitrogen and oxygen atoms in total. The third-order valence-corrected chi connectivity index (χ3v) is 3.55. The first-order valence-electron chi connectivity index (χ1n) is 6.82. The first kappa shape index (κ1) is 13.3. The van der Waals surface area contributed by atoms with Crippen LogP contribution in [0.4, 0.5) is 5.69 Å². The zero-order valence-corrected chi connectivity index (χ0v) is 12.1. The predicted molar refractivity (Wildman–Crippen MR) is 82.7 cm³/mol. The van der Waals surface area contributed by atoms with Crippen molar-refractivity contribution in [3.63, 3.8) is 0 Å². The molecule has 0 saturated heterocycles. The highest BCUT2D eigenvalue weighted by molar-refractivity contribution is 5.73. The number of nitrogen functional groups attached to an aromatic ring is 1. The van der Waals surface area contributed by atoms with Crippen LogP contribution in [0.1, 0.15) is 16.7 Å². The van der Waals surface area contributed by atoms with Gasteiger partial charge in [0.1, 0.15) is 0 Å². The highest BCUT2D eigenvalue weighted by atomic mass is 15.5. The maximum absolute atomic E-state index is 6.15. The molecular weight excluding hydrogens is 262 g/mol. The van der Waals surface area contributed by atoms with Crippen molar-refractivity contribution in [2.45, 2.75) is 20.4 Å². The Kier molecular flexibility index (Phi) is 3.39. The van der Waals surface area contributed by atoms with E-state index in [-0.39, 0.29) is 0 Å². The molecule has 5 heteroatoms. The Hall–Kier alpha value is -2.69. The van der Waals surface area contributed by atoms with E-state index >= 15 is 0 Å². The van der Waals surface area contributed by atoms with Crippen molar-refractivity contribution >= 4 is 5.69 Å². The number of aryl methyl sites for hydroxylation is 2. The van der Waals surface area contributed by atoms with Gasteiger partial charge in [0.2, 0.25) is 0 Å². The summed E-state index contributed by atoms with van der Waals surface area (Å²) in [6.45, 7) is 4.67. The first-order valence-corrected chi connectivity index (χ1v) is 6.82. The van der Waals surface area contributed by atoms with Crippen molar-refractivity contribution in [3.8, 4) is 11.4 Å². The standard InChI is InChI=1S/C16H17N5/c1-11-6-8-13(9-7-11)10-21-16(18-19-20-21)14-5-3-4-12(2)15(14)17/h3-9H,10,17H2,1-2H3. The van der Waals surface area contributed by atoms with Gasteiger partial charge in [-0.1, -0.05) is 42.0 Å². The Morgan fingerprint density at radius 3 is 2.57 bits per heavy atom. The van der Waals surface area contributed by atoms with Crippen molar-refractivity contribution in [2.75, 3.05) is 5.73 Å². The first-order chi connectivity index (χ1) is 10.1. The van der Waals surface area contributed by atoms with Crippen LogP contribution in [-0.2, 0) is 6.54 Å². The Morgan fingerprint density at radius 2 is 1.81 bits per heavy atom. The average molecular weight is 279 g/mol. The quantitative estimate of drug-likeness (QED) is 0.748. The number of nitrogens with zero attached hydrogens (tertiary/aromatic N) is 4. The normalized spacial score (nSPS) is 10.8. The number of rotatable bonds is 3. The van der Waals surface area contributed by atoms with E-state index in [0.717, 1.165) is 22.4 Å². The molecule has 0 radical (unpaired) electrons. The van der Waals surface area contributed by atoms with Crippen LogP contribution in [0.2, 0.25) is 0 Å². The van der Waals surface area contributed by atoms with Gasteiger partial charge in [-0.3, -0.25) is 0 Å². The van der Waals surface area contributed by atoms with Crippen molar-refractivity contribution in [2.24, 2.45) is 0 Å². The van der Waals surface area contributed by atoms with Gasteiger partial charge in [-0.2, -0.15) is 0 Å². The second kappa shape index (κ2) is 5.36. The van der Waals surface area contributed by atoms with Crippen LogP contribution >= 0.6 is 0 Å². The summed E-state index contributed by atoms with van der Waals surface area (Å²) in [6.07, 6.45) is 0. The number of anilines is 1. The average Bonchev–Trinajstić information content (AvgIpc) is 2.92. The summed E-state index contributed by atoms with van der Waals surface area (Å²) in [6, 6.07) is 14.2. The molecule has 106 valence electrons. The second-order valence-corrected chi connectivity index (χ2v) is 5.18. The highest BCUT2D eigenvalue weighted by Gasteiger charge is 2.13. The van der Waals surface area contributed by atoms with Crippen LogP contribution in [0.3, 0.4) is 0 Å². The van der Waals surface area contributed by atoms with Gasteiger partial charge in [0.05, 0.1) is 6.54 Å². The zero-order chi connectivity index (χ0) is 14.8. The molecule has 2 aromatic carbocycles. The lowest BCUT2D eigenvalue weighted by Crippen LogP contribution is -2.06. The summed E-state index contributed by atoms with van der Waals surface area (Å²) in [5.74, 6) is 0.691. The van der Waals surface area contributed by atoms with Crippen molar-refractivity contribution in [1.82, 2.24) is 20.2 Å². The molecule has 0 aliphatic carbocycles. The van der Waals surface area contributed by atoms with Crippen molar-refractivity contribution in [1.29, 1.82) is 0 Å². The van der Waals surface area contributed by atoms with E-state index in [9.17, 15) is 0 Å². The van der Waals surface area contributed by atoms with Crippen LogP contribution in [0.25, 0.3) is 11.4 Å². The van der Waals surface area contributed by atoms with Gasteiger partial charge in [0, 0.05) is 11.3 Å². The number of hydrogen-bond acceptors (Lipinski definition) is 4. The fourth-order valence-corrected chi connectivity index (χ4v) is 2.25. The minimum absolute atomic E-state index is 0.621. The largest absolute Gasteiger partial charge is 0.398 e. The van der Waals surface area contributed by atoms with Gasteiger partial charge in [-0.25, -0.2) is 4.68 Å². The lowest BCUT2D eigenvalue weighted by Gasteiger charge is -2.09. The van der Waals surface area contributed by atoms with Crippen molar-refractivity contribution < 1.29 is 0 Å². The number of aromatic nitrogens is 4. The Balaban J connectivity index is 1.97. The summed E-state index contributed by atoms with van der Waals surface area (Å²) in [7, 11) is 0. The van der Waals surface area contributed by atoms with Gasteiger partial charge >= 0.3 is 0 Å². The third kappa shape index (κ3) is 2.63. The summed E-state index contributed by atoms with van der Waals surface area (Å²) in [4.78, 5) is 0. The molecule has 0 fully saturated rings. The minimum Gasteiger partial charge on any atom is -0.398 e. The van der Waals surface area contributed by atoms with Gasteiger partial charge in [-0.15, -0.1) is 5.10 Å². The Labute approximate surface area is 123 Å². The molecular formula is C16H17N5. The molecule has 1 heterocycles. The lowest BCUT2D eigenvalue weighted by atomic mass is 10.1. The second-order valence-electron chi connectivity index (χ2n) is 5.18. The number of para-hydroxylation sites is 1. The van der Waals surface area contributed by atoms with E-state index in [1.54, 1.807) is 4.68 Å². The molecule has 2 N–H and O–H groups in total. The Morgan fingerprint density at radius 1 is 1.05 bits per heavy atom. The number of tetrazole rings is 1. The topological polar surface area (TPSA) is 69.6 Å². The van der Waals surface area contributed by atoms with E-state index in [2.05, 4.69) is 46.7 Å². The number of hydrogen-bond donors (Lipinski definition) is 1. The maximum atomic E-state index is 6.15. The summed E-state index contributed by atoms with van der Waals surface area (Å²) in [5, 5.41) is 12.0. The molecule has 0 aliphatic heterocycles. The van der Waals surface area contributed by atoms with Gasteiger partial charge in [-0.05, 0) is 41.5 Å². The molecule has 0 saturated carbocycles. The molecule has 0 spiro atoms. The molecule has 0 aliphatic rings. The minimum atomic E-state index is 0.621. The number of benzene rings is 2. The van der Waals surface area contributed by atoms with E-state index in [4.69, 9.17) is 5.73 Å². The van der Waals surface area contributed by atoms with E-state index < -0.39 is 0 Å². The molecule has 1 aromatic heterocycles. The van der Waals surface area contributed by atoms with Crippen LogP contribution < -0.4 is 5.73 Å². The molecule has 0 atom stereocenters. The van der Waals surface area contributed by atoms with Gasteiger partial charge < -0.3 is 5.73 Å². The SMILES string of the molecule is Cc1ccc(Cn2nnnc2-c2cccc(C)c2N)cc1. The van der Waals surface area contributed by atoms with Gasteiger partial charge in [0.15, 0.2) is 5.82 Å². The van der Waals surface area contributed by atoms with Crippen molar-refractivity contribution in [3.05, 3.63) is 59.2 Å². The number of nitrogens with two attached hydrogens (primary N) is 1. The van der Waals surface area contributed by atoms with E-state index in [1.165, 1.54) is 5.56 Å². The predicted octanol–water partition coefficient (Wildman–Crippen LogP) is 2.59. The molecule has 3 aromatic rings. The van der Waals surface area contributed by atoms with Crippen LogP contribution in [0, 0.1) is 13.8 Å². The van der Waals surface area contributed by atoms with Crippen LogP contribution in [-0.4, -0.2) is 20.2 Å². The summed E-state index contributed by atoms with van der Waals surface area (Å²) < 4.78 is 1.77. The summed E-state index contributed by atoms with van der Waals surface area (Å²) in [5.41, 5.74) is 11.1. The zero-order valence-electron chi connectivity index (χ0n) is 12.1. The van der Waals surface area contributed by atoms with E-state index in [0.29, 0.717) is 12.4 Å². The molecule has 0 amide bonds. The third-order valence-electron chi connectivity index (χ3n) is 3.55. The molecule has 3 rings (SSSR count). The highest BCUT2D eigenvalue weighted by Crippen LogP contribution is 2.26. The molecule has 0 unspecified atom stereocenters.